The average molecular weight is 631 g/mol. The number of hydrogen-bond acceptors (Lipinski definition) is 3. The van der Waals surface area contributed by atoms with Gasteiger partial charge in [-0.15, -0.1) is 0 Å². The summed E-state index contributed by atoms with van der Waals surface area (Å²) in [5.41, 5.74) is 10.6. The number of allylic oxidation sites excluding steroid dienone is 6. The topological polar surface area (TPSA) is 35.0 Å². The van der Waals surface area contributed by atoms with Gasteiger partial charge in [0, 0.05) is 39.8 Å². The van der Waals surface area contributed by atoms with Crippen LogP contribution in [-0.4, -0.2) is 9.97 Å². The Morgan fingerprint density at radius 2 is 1.39 bits per heavy atom. The first-order chi connectivity index (χ1) is 24.3. The summed E-state index contributed by atoms with van der Waals surface area (Å²) in [4.78, 5) is 10.5. The Morgan fingerprint density at radius 3 is 2.29 bits per heavy atom. The molecule has 0 saturated heterocycles. The Morgan fingerprint density at radius 1 is 0.633 bits per heavy atom. The molecule has 0 spiro atoms. The number of hydrogen-bond donors (Lipinski definition) is 0. The van der Waals surface area contributed by atoms with Crippen LogP contribution in [-0.2, 0) is 4.74 Å². The van der Waals surface area contributed by atoms with E-state index in [-0.39, 0.29) is 12.0 Å². The van der Waals surface area contributed by atoms with Gasteiger partial charge in [0.2, 0.25) is 0 Å². The zero-order valence-electron chi connectivity index (χ0n) is 27.0. The molecule has 6 aromatic rings. The van der Waals surface area contributed by atoms with Gasteiger partial charge in [0.05, 0.1) is 11.2 Å². The van der Waals surface area contributed by atoms with Crippen molar-refractivity contribution in [3.63, 3.8) is 0 Å². The average Bonchev–Trinajstić information content (AvgIpc) is 3.55. The van der Waals surface area contributed by atoms with Crippen LogP contribution in [0.1, 0.15) is 47.4 Å². The second kappa shape index (κ2) is 11.4. The van der Waals surface area contributed by atoms with Crippen LogP contribution in [0.2, 0.25) is 0 Å². The minimum atomic E-state index is -0.0472. The summed E-state index contributed by atoms with van der Waals surface area (Å²) < 4.78 is 6.76. The molecule has 3 nitrogen and oxygen atoms in total. The van der Waals surface area contributed by atoms with E-state index < -0.39 is 0 Å². The first-order valence-corrected chi connectivity index (χ1v) is 17.4. The summed E-state index contributed by atoms with van der Waals surface area (Å²) in [5.74, 6) is 2.62. The molecule has 10 rings (SSSR count). The summed E-state index contributed by atoms with van der Waals surface area (Å²) in [6, 6.07) is 42.9. The fourth-order valence-corrected chi connectivity index (χ4v) is 8.38. The molecule has 0 N–H and O–H groups in total. The first-order valence-electron chi connectivity index (χ1n) is 17.4. The van der Waals surface area contributed by atoms with E-state index in [0.29, 0.717) is 11.8 Å². The summed E-state index contributed by atoms with van der Waals surface area (Å²) in [6.07, 6.45) is 16.1. The van der Waals surface area contributed by atoms with Crippen LogP contribution < -0.4 is 0 Å². The number of nitrogens with zero attached hydrogens (tertiary/aromatic N) is 2. The van der Waals surface area contributed by atoms with E-state index in [1.165, 1.54) is 33.0 Å². The van der Waals surface area contributed by atoms with Gasteiger partial charge < -0.3 is 4.74 Å². The van der Waals surface area contributed by atoms with Crippen molar-refractivity contribution in [3.8, 4) is 11.3 Å². The minimum absolute atomic E-state index is 0.0472. The van der Waals surface area contributed by atoms with Crippen LogP contribution >= 0.6 is 0 Å². The minimum Gasteiger partial charge on any atom is -0.485 e. The largest absolute Gasteiger partial charge is 0.485 e. The highest BCUT2D eigenvalue weighted by atomic mass is 16.5. The monoisotopic (exact) mass is 630 g/mol. The van der Waals surface area contributed by atoms with Gasteiger partial charge in [0.1, 0.15) is 11.9 Å². The molecule has 1 aliphatic heterocycles. The lowest BCUT2D eigenvalue weighted by molar-refractivity contribution is 0.132. The first kappa shape index (κ1) is 28.2. The molecule has 5 aromatic carbocycles. The Hall–Kier alpha value is -5.80. The zero-order chi connectivity index (χ0) is 32.3. The molecular formula is C46H34N2O. The van der Waals surface area contributed by atoms with Crippen molar-refractivity contribution in [2.75, 3.05) is 0 Å². The Kier molecular flexibility index (Phi) is 6.58. The number of fused-ring (bicyclic) bond motifs is 6. The van der Waals surface area contributed by atoms with Crippen LogP contribution in [0.5, 0.6) is 0 Å². The molecule has 0 bridgehead atoms. The van der Waals surface area contributed by atoms with Crippen molar-refractivity contribution in [3.05, 3.63) is 197 Å². The highest BCUT2D eigenvalue weighted by Crippen LogP contribution is 2.53. The molecule has 4 unspecified atom stereocenters. The van der Waals surface area contributed by atoms with Crippen LogP contribution in [0, 0.1) is 11.8 Å². The molecule has 4 aliphatic rings. The molecule has 0 radical (unpaired) electrons. The maximum Gasteiger partial charge on any atom is 0.160 e. The van der Waals surface area contributed by atoms with Crippen molar-refractivity contribution >= 4 is 27.2 Å². The van der Waals surface area contributed by atoms with Crippen molar-refractivity contribution in [2.45, 2.75) is 24.9 Å². The lowest BCUT2D eigenvalue weighted by atomic mass is 9.74. The lowest BCUT2D eigenvalue weighted by Crippen LogP contribution is -2.18. The highest BCUT2D eigenvalue weighted by Gasteiger charge is 2.42. The van der Waals surface area contributed by atoms with E-state index in [0.717, 1.165) is 57.7 Å². The van der Waals surface area contributed by atoms with E-state index >= 15 is 0 Å². The van der Waals surface area contributed by atoms with Gasteiger partial charge >= 0.3 is 0 Å². The van der Waals surface area contributed by atoms with E-state index in [2.05, 4.69) is 152 Å². The normalized spacial score (nSPS) is 22.3. The molecule has 3 heteroatoms. The molecule has 234 valence electrons. The van der Waals surface area contributed by atoms with Gasteiger partial charge in [0.25, 0.3) is 0 Å². The van der Waals surface area contributed by atoms with E-state index in [4.69, 9.17) is 14.7 Å². The van der Waals surface area contributed by atoms with E-state index in [9.17, 15) is 0 Å². The molecular weight excluding hydrogens is 597 g/mol. The van der Waals surface area contributed by atoms with Crippen LogP contribution in [0.15, 0.2) is 175 Å². The van der Waals surface area contributed by atoms with Crippen molar-refractivity contribution < 1.29 is 4.74 Å². The van der Waals surface area contributed by atoms with Gasteiger partial charge in [-0.05, 0) is 58.0 Å². The molecule has 2 heterocycles. The predicted molar refractivity (Wildman–Crippen MR) is 199 cm³/mol. The number of aromatic nitrogens is 2. The molecule has 49 heavy (non-hydrogen) atoms. The second-order valence-electron chi connectivity index (χ2n) is 13.5. The quantitative estimate of drug-likeness (QED) is 0.194. The smallest absolute Gasteiger partial charge is 0.160 e. The summed E-state index contributed by atoms with van der Waals surface area (Å²) in [6.45, 7) is 0. The molecule has 3 aliphatic carbocycles. The molecule has 0 amide bonds. The second-order valence-corrected chi connectivity index (χ2v) is 13.5. The zero-order valence-corrected chi connectivity index (χ0v) is 27.0. The number of para-hydroxylation sites is 1. The van der Waals surface area contributed by atoms with Gasteiger partial charge in [-0.3, -0.25) is 0 Å². The third-order valence-corrected chi connectivity index (χ3v) is 10.8. The number of ether oxygens (including phenoxy) is 1. The Balaban J connectivity index is 0.993. The molecule has 1 aromatic heterocycles. The fraction of sp³-hybridized carbons (Fsp3) is 0.130. The fourth-order valence-electron chi connectivity index (χ4n) is 8.38. The van der Waals surface area contributed by atoms with Gasteiger partial charge in [-0.2, -0.15) is 0 Å². The molecule has 0 fully saturated rings. The van der Waals surface area contributed by atoms with Gasteiger partial charge in [-0.1, -0.05) is 146 Å². The van der Waals surface area contributed by atoms with Crippen LogP contribution in [0.25, 0.3) is 38.5 Å². The maximum atomic E-state index is 6.76. The van der Waals surface area contributed by atoms with Gasteiger partial charge in [0.15, 0.2) is 5.82 Å². The molecule has 0 saturated carbocycles. The van der Waals surface area contributed by atoms with Gasteiger partial charge in [-0.25, -0.2) is 9.97 Å². The van der Waals surface area contributed by atoms with Crippen molar-refractivity contribution in [2.24, 2.45) is 11.8 Å². The highest BCUT2D eigenvalue weighted by molar-refractivity contribution is 5.94. The van der Waals surface area contributed by atoms with Crippen molar-refractivity contribution in [1.82, 2.24) is 9.97 Å². The standard InChI is InChI=1S/C46H34N2O/c1-2-12-32(13-3-1)44-38-18-8-9-20-42(38)47-46(48-44)41-28-40-39-27-33(25-26-43(39)49-45(40)37-17-7-6-16-36(37)41)29-21-23-31(24-22-29)35-19-10-14-30-11-4-5-15-34(30)35/h1-23,25-26,28,31,33,40,45H,24,27H2. The maximum absolute atomic E-state index is 6.76. The molecule has 4 atom stereocenters. The Bertz CT molecular complexity index is 2440. The van der Waals surface area contributed by atoms with Crippen LogP contribution in [0.3, 0.4) is 0 Å². The summed E-state index contributed by atoms with van der Waals surface area (Å²) in [5, 5.41) is 3.72. The van der Waals surface area contributed by atoms with Crippen LogP contribution in [0.4, 0.5) is 0 Å². The van der Waals surface area contributed by atoms with E-state index in [1.807, 2.05) is 6.07 Å². The van der Waals surface area contributed by atoms with Crippen molar-refractivity contribution in [1.29, 1.82) is 0 Å². The number of benzene rings is 5. The SMILES string of the molecule is C1=CC(c2cccc3ccccc23)CC=C1C1C=CC2=C(C1)C1C=C(c3nc(-c4ccccc4)c4ccccc4n3)c3ccccc3C1O2. The number of rotatable bonds is 4. The Labute approximate surface area is 286 Å². The summed E-state index contributed by atoms with van der Waals surface area (Å²) in [7, 11) is 0. The van der Waals surface area contributed by atoms with E-state index in [1.54, 1.807) is 0 Å². The predicted octanol–water partition coefficient (Wildman–Crippen LogP) is 11.1. The lowest BCUT2D eigenvalue weighted by Gasteiger charge is -2.29. The third-order valence-electron chi connectivity index (χ3n) is 10.8. The summed E-state index contributed by atoms with van der Waals surface area (Å²) >= 11 is 0. The third kappa shape index (κ3) is 4.72.